The molecule has 0 spiro atoms. The SMILES string of the molecule is NCC1CC(n2cc(-c3cnc4cc(N5CC(O)C5)ccc4n3)c(C3CC3)n2)C1. The van der Waals surface area contributed by atoms with Crippen molar-refractivity contribution in [1.29, 1.82) is 0 Å². The summed E-state index contributed by atoms with van der Waals surface area (Å²) < 4.78 is 2.15. The first-order valence-electron chi connectivity index (χ1n) is 10.7. The first kappa shape index (κ1) is 17.4. The smallest absolute Gasteiger partial charge is 0.0927 e. The molecule has 1 saturated heterocycles. The minimum absolute atomic E-state index is 0.215. The monoisotopic (exact) mass is 390 g/mol. The molecule has 0 unspecified atom stereocenters. The summed E-state index contributed by atoms with van der Waals surface area (Å²) in [5, 5.41) is 14.5. The van der Waals surface area contributed by atoms with Gasteiger partial charge in [0.25, 0.3) is 0 Å². The standard InChI is InChI=1S/C22H26N6O/c23-8-13-5-16(6-13)28-12-18(22(26-28)14-1-2-14)21-9-24-20-7-15(3-4-19(20)25-21)27-10-17(29)11-27/h3-4,7,9,12-14,16-17,29H,1-2,5-6,8,10-11,23H2. The third kappa shape index (κ3) is 3.00. The average Bonchev–Trinajstić information content (AvgIpc) is 3.43. The van der Waals surface area contributed by atoms with Crippen LogP contribution in [0.5, 0.6) is 0 Å². The van der Waals surface area contributed by atoms with Crippen LogP contribution in [-0.4, -0.2) is 50.6 Å². The van der Waals surface area contributed by atoms with E-state index in [-0.39, 0.29) is 6.10 Å². The quantitative estimate of drug-likeness (QED) is 0.695. The number of aromatic nitrogens is 4. The van der Waals surface area contributed by atoms with Gasteiger partial charge in [-0.15, -0.1) is 0 Å². The number of aliphatic hydroxyl groups is 1. The van der Waals surface area contributed by atoms with Gasteiger partial charge in [-0.2, -0.15) is 5.10 Å². The van der Waals surface area contributed by atoms with E-state index in [9.17, 15) is 5.11 Å². The third-order valence-electron chi connectivity index (χ3n) is 6.67. The Kier molecular flexibility index (Phi) is 3.89. The fraction of sp³-hybridized carbons (Fsp3) is 0.500. The zero-order valence-electron chi connectivity index (χ0n) is 16.4. The van der Waals surface area contributed by atoms with Crippen LogP contribution in [0, 0.1) is 5.92 Å². The molecule has 7 nitrogen and oxygen atoms in total. The van der Waals surface area contributed by atoms with E-state index >= 15 is 0 Å². The molecule has 3 aromatic rings. The molecule has 2 aliphatic carbocycles. The van der Waals surface area contributed by atoms with Crippen LogP contribution in [0.15, 0.2) is 30.6 Å². The number of hydrogen-bond donors (Lipinski definition) is 2. The Morgan fingerprint density at radius 1 is 1.14 bits per heavy atom. The Balaban J connectivity index is 1.32. The van der Waals surface area contributed by atoms with E-state index in [4.69, 9.17) is 20.8 Å². The molecule has 2 aromatic heterocycles. The highest BCUT2D eigenvalue weighted by Gasteiger charge is 2.34. The maximum absolute atomic E-state index is 9.54. The Morgan fingerprint density at radius 2 is 1.97 bits per heavy atom. The highest BCUT2D eigenvalue weighted by Crippen LogP contribution is 2.45. The Hall–Kier alpha value is -2.51. The third-order valence-corrected chi connectivity index (χ3v) is 6.67. The molecular weight excluding hydrogens is 364 g/mol. The van der Waals surface area contributed by atoms with Crippen molar-refractivity contribution in [2.75, 3.05) is 24.5 Å². The van der Waals surface area contributed by atoms with E-state index in [1.807, 2.05) is 12.3 Å². The zero-order chi connectivity index (χ0) is 19.5. The van der Waals surface area contributed by atoms with Crippen LogP contribution < -0.4 is 10.6 Å². The van der Waals surface area contributed by atoms with Crippen LogP contribution in [0.2, 0.25) is 0 Å². The number of anilines is 1. The van der Waals surface area contributed by atoms with Gasteiger partial charge in [-0.3, -0.25) is 9.67 Å². The number of nitrogens with two attached hydrogens (primary N) is 1. The van der Waals surface area contributed by atoms with E-state index in [1.54, 1.807) is 0 Å². The lowest BCUT2D eigenvalue weighted by Crippen LogP contribution is -2.50. The van der Waals surface area contributed by atoms with Crippen LogP contribution in [0.3, 0.4) is 0 Å². The molecule has 3 N–H and O–H groups in total. The Labute approximate surface area is 169 Å². The molecule has 1 aliphatic heterocycles. The summed E-state index contributed by atoms with van der Waals surface area (Å²) in [6.07, 6.45) is 8.52. The molecular formula is C22H26N6O. The second-order valence-electron chi connectivity index (χ2n) is 8.90. The predicted molar refractivity (Wildman–Crippen MR) is 112 cm³/mol. The molecule has 3 aliphatic rings. The van der Waals surface area contributed by atoms with E-state index < -0.39 is 0 Å². The number of hydrogen-bond acceptors (Lipinski definition) is 6. The normalized spacial score (nSPS) is 24.6. The highest BCUT2D eigenvalue weighted by molar-refractivity contribution is 5.81. The molecule has 0 atom stereocenters. The summed E-state index contributed by atoms with van der Waals surface area (Å²) in [6.45, 7) is 2.15. The molecule has 3 fully saturated rings. The molecule has 6 rings (SSSR count). The van der Waals surface area contributed by atoms with Crippen LogP contribution in [0.1, 0.15) is 43.3 Å². The summed E-state index contributed by atoms with van der Waals surface area (Å²) in [4.78, 5) is 11.8. The number of β-amino-alcohol motifs (C(OH)–C–C–N with tert-alkyl or cyclic N) is 1. The topological polar surface area (TPSA) is 93.1 Å². The molecule has 0 amide bonds. The van der Waals surface area contributed by atoms with Crippen molar-refractivity contribution in [1.82, 2.24) is 19.7 Å². The van der Waals surface area contributed by atoms with Gasteiger partial charge in [0.1, 0.15) is 0 Å². The van der Waals surface area contributed by atoms with Crippen molar-refractivity contribution in [2.24, 2.45) is 11.7 Å². The second-order valence-corrected chi connectivity index (χ2v) is 8.90. The van der Waals surface area contributed by atoms with Crippen molar-refractivity contribution in [3.63, 3.8) is 0 Å². The molecule has 150 valence electrons. The van der Waals surface area contributed by atoms with Gasteiger partial charge in [-0.25, -0.2) is 4.98 Å². The van der Waals surface area contributed by atoms with Crippen molar-refractivity contribution in [3.05, 3.63) is 36.3 Å². The number of benzene rings is 1. The van der Waals surface area contributed by atoms with Crippen LogP contribution >= 0.6 is 0 Å². The van der Waals surface area contributed by atoms with Gasteiger partial charge in [0.15, 0.2) is 0 Å². The molecule has 2 saturated carbocycles. The fourth-order valence-electron chi connectivity index (χ4n) is 4.55. The highest BCUT2D eigenvalue weighted by atomic mass is 16.3. The minimum Gasteiger partial charge on any atom is -0.389 e. The number of nitrogens with zero attached hydrogens (tertiary/aromatic N) is 5. The van der Waals surface area contributed by atoms with Crippen molar-refractivity contribution >= 4 is 16.7 Å². The lowest BCUT2D eigenvalue weighted by Gasteiger charge is -2.37. The summed E-state index contributed by atoms with van der Waals surface area (Å²) >= 11 is 0. The van der Waals surface area contributed by atoms with Gasteiger partial charge < -0.3 is 15.7 Å². The minimum atomic E-state index is -0.215. The van der Waals surface area contributed by atoms with Gasteiger partial charge in [-0.1, -0.05) is 0 Å². The zero-order valence-corrected chi connectivity index (χ0v) is 16.4. The van der Waals surface area contributed by atoms with Gasteiger partial charge in [-0.05, 0) is 56.3 Å². The molecule has 1 aromatic carbocycles. The maximum Gasteiger partial charge on any atom is 0.0927 e. The van der Waals surface area contributed by atoms with Crippen molar-refractivity contribution < 1.29 is 5.11 Å². The summed E-state index contributed by atoms with van der Waals surface area (Å²) in [5.41, 5.74) is 11.9. The summed E-state index contributed by atoms with van der Waals surface area (Å²) in [6, 6.07) is 6.63. The van der Waals surface area contributed by atoms with Crippen LogP contribution in [-0.2, 0) is 0 Å². The van der Waals surface area contributed by atoms with E-state index in [1.165, 1.54) is 18.5 Å². The van der Waals surface area contributed by atoms with Gasteiger partial charge >= 0.3 is 0 Å². The first-order valence-corrected chi connectivity index (χ1v) is 10.7. The fourth-order valence-corrected chi connectivity index (χ4v) is 4.55. The number of fused-ring (bicyclic) bond motifs is 1. The Morgan fingerprint density at radius 3 is 2.69 bits per heavy atom. The van der Waals surface area contributed by atoms with Gasteiger partial charge in [0.2, 0.25) is 0 Å². The predicted octanol–water partition coefficient (Wildman–Crippen LogP) is 2.46. The summed E-state index contributed by atoms with van der Waals surface area (Å²) in [7, 11) is 0. The van der Waals surface area contributed by atoms with Crippen molar-refractivity contribution in [2.45, 2.75) is 43.7 Å². The second kappa shape index (κ2) is 6.50. The van der Waals surface area contributed by atoms with E-state index in [2.05, 4.69) is 27.9 Å². The lowest BCUT2D eigenvalue weighted by molar-refractivity contribution is 0.142. The first-order chi connectivity index (χ1) is 14.2. The average molecular weight is 390 g/mol. The largest absolute Gasteiger partial charge is 0.389 e. The van der Waals surface area contributed by atoms with Crippen LogP contribution in [0.4, 0.5) is 5.69 Å². The molecule has 3 heterocycles. The van der Waals surface area contributed by atoms with Gasteiger partial charge in [0, 0.05) is 36.5 Å². The molecule has 0 radical (unpaired) electrons. The van der Waals surface area contributed by atoms with Crippen LogP contribution in [0.25, 0.3) is 22.3 Å². The van der Waals surface area contributed by atoms with E-state index in [0.29, 0.717) is 31.0 Å². The molecule has 0 bridgehead atoms. The Bertz CT molecular complexity index is 1060. The molecule has 29 heavy (non-hydrogen) atoms. The molecule has 7 heteroatoms. The lowest BCUT2D eigenvalue weighted by atomic mass is 9.80. The van der Waals surface area contributed by atoms with Gasteiger partial charge in [0.05, 0.1) is 40.8 Å². The summed E-state index contributed by atoms with van der Waals surface area (Å²) in [5.74, 6) is 1.20. The van der Waals surface area contributed by atoms with E-state index in [0.717, 1.165) is 47.4 Å². The maximum atomic E-state index is 9.54. The number of rotatable bonds is 5. The van der Waals surface area contributed by atoms with Crippen molar-refractivity contribution in [3.8, 4) is 11.3 Å². The number of aliphatic hydroxyl groups excluding tert-OH is 1.